The van der Waals surface area contributed by atoms with Gasteiger partial charge in [0.1, 0.15) is 18.0 Å². The van der Waals surface area contributed by atoms with Crippen molar-refractivity contribution in [1.29, 1.82) is 0 Å². The molecule has 0 saturated heterocycles. The molecule has 2 aliphatic heterocycles. The molecule has 11 nitrogen and oxygen atoms in total. The van der Waals surface area contributed by atoms with Crippen LogP contribution in [0.1, 0.15) is 64.2 Å². The molecular weight excluding hydrogens is 626 g/mol. The van der Waals surface area contributed by atoms with Crippen LogP contribution in [0.5, 0.6) is 5.88 Å². The van der Waals surface area contributed by atoms with E-state index in [0.717, 1.165) is 0 Å². The topological polar surface area (TPSA) is 130 Å². The number of pyridine rings is 1. The normalized spacial score (nSPS) is 18.3. The Kier molecular flexibility index (Phi) is 8.61. The summed E-state index contributed by atoms with van der Waals surface area (Å²) in [4.78, 5) is 41.3. The lowest BCUT2D eigenvalue weighted by atomic mass is 9.93. The van der Waals surface area contributed by atoms with E-state index < -0.39 is 59.6 Å². The van der Waals surface area contributed by atoms with Crippen molar-refractivity contribution >= 4 is 29.5 Å². The molecule has 5 rings (SSSR count). The molecule has 3 aromatic rings. The summed E-state index contributed by atoms with van der Waals surface area (Å²) in [7, 11) is 2.98. The van der Waals surface area contributed by atoms with E-state index in [1.165, 1.54) is 18.1 Å². The number of halogens is 6. The number of benzene rings is 1. The number of carbonyl (C=O) groups is 2. The van der Waals surface area contributed by atoms with Gasteiger partial charge in [0.2, 0.25) is 11.8 Å². The number of amides is 1. The molecule has 17 heteroatoms. The second-order valence-electron chi connectivity index (χ2n) is 10.7. The first-order valence-electron chi connectivity index (χ1n) is 14.0. The van der Waals surface area contributed by atoms with Crippen LogP contribution >= 0.6 is 0 Å². The molecule has 0 fully saturated rings. The van der Waals surface area contributed by atoms with Crippen LogP contribution < -0.4 is 19.9 Å². The number of nitrogens with one attached hydrogen (secondary N) is 1. The Bertz CT molecular complexity index is 1630. The Balaban J connectivity index is 1.64. The van der Waals surface area contributed by atoms with Crippen LogP contribution in [-0.2, 0) is 23.5 Å². The van der Waals surface area contributed by atoms with Crippen molar-refractivity contribution in [2.45, 2.75) is 50.6 Å². The van der Waals surface area contributed by atoms with Gasteiger partial charge >= 0.3 is 24.4 Å². The first-order chi connectivity index (χ1) is 21.6. The molecule has 1 aromatic carbocycles. The van der Waals surface area contributed by atoms with Crippen LogP contribution in [-0.4, -0.2) is 65.5 Å². The SMILES string of the molecule is CC[C@@H]1C[C@H](Nc2nc(Cc3cc(C(F)(F)F)cc(C(F)(F)F)c3)c3c(n2)N(C)CCOC3=O)c2nc(OC)ccc2N1C(=O)O. The maximum absolute atomic E-state index is 13.6. The summed E-state index contributed by atoms with van der Waals surface area (Å²) < 4.78 is 92.2. The Hall–Kier alpha value is -4.83. The van der Waals surface area contributed by atoms with Gasteiger partial charge in [-0.25, -0.2) is 19.6 Å². The first-order valence-corrected chi connectivity index (χ1v) is 14.0. The minimum Gasteiger partial charge on any atom is -0.481 e. The average Bonchev–Trinajstić information content (AvgIpc) is 3.12. The number of likely N-dealkylation sites (N-methyl/N-ethyl adjacent to an activating group) is 1. The third-order valence-electron chi connectivity index (χ3n) is 7.74. The van der Waals surface area contributed by atoms with E-state index in [0.29, 0.717) is 18.6 Å². The van der Waals surface area contributed by atoms with Crippen LogP contribution in [0, 0.1) is 0 Å². The molecule has 2 aromatic heterocycles. The molecule has 0 radical (unpaired) electrons. The minimum atomic E-state index is -5.08. The lowest BCUT2D eigenvalue weighted by Gasteiger charge is -2.38. The number of nitrogens with zero attached hydrogens (tertiary/aromatic N) is 5. The number of fused-ring (bicyclic) bond motifs is 2. The summed E-state index contributed by atoms with van der Waals surface area (Å²) >= 11 is 0. The summed E-state index contributed by atoms with van der Waals surface area (Å²) in [6.45, 7) is 1.94. The number of hydrogen-bond acceptors (Lipinski definition) is 9. The van der Waals surface area contributed by atoms with Gasteiger partial charge < -0.3 is 24.8 Å². The first kappa shape index (κ1) is 32.6. The van der Waals surface area contributed by atoms with Gasteiger partial charge in [0.05, 0.1) is 47.9 Å². The van der Waals surface area contributed by atoms with Gasteiger partial charge in [0.25, 0.3) is 0 Å². The maximum Gasteiger partial charge on any atom is 0.416 e. The van der Waals surface area contributed by atoms with Crippen molar-refractivity contribution in [3.05, 3.63) is 64.0 Å². The average molecular weight is 655 g/mol. The molecular formula is C29H28F6N6O5. The molecule has 0 aliphatic carbocycles. The Morgan fingerprint density at radius 2 is 1.76 bits per heavy atom. The van der Waals surface area contributed by atoms with Crippen molar-refractivity contribution < 1.29 is 50.5 Å². The molecule has 4 heterocycles. The zero-order valence-corrected chi connectivity index (χ0v) is 24.7. The van der Waals surface area contributed by atoms with Gasteiger partial charge in [-0.15, -0.1) is 0 Å². The Labute approximate surface area is 258 Å². The largest absolute Gasteiger partial charge is 0.481 e. The smallest absolute Gasteiger partial charge is 0.416 e. The molecule has 46 heavy (non-hydrogen) atoms. The van der Waals surface area contributed by atoms with Crippen LogP contribution in [0.4, 0.5) is 48.6 Å². The second kappa shape index (κ2) is 12.2. The number of carboxylic acid groups (broad SMARTS) is 1. The van der Waals surface area contributed by atoms with Crippen LogP contribution in [0.2, 0.25) is 0 Å². The van der Waals surface area contributed by atoms with Crippen molar-refractivity contribution in [1.82, 2.24) is 15.0 Å². The lowest BCUT2D eigenvalue weighted by Crippen LogP contribution is -2.45. The summed E-state index contributed by atoms with van der Waals surface area (Å²) in [6, 6.07) is 3.01. The van der Waals surface area contributed by atoms with E-state index in [-0.39, 0.29) is 65.9 Å². The molecule has 2 aliphatic rings. The number of methoxy groups -OCH3 is 1. The van der Waals surface area contributed by atoms with Crippen molar-refractivity contribution in [2.75, 3.05) is 42.4 Å². The Morgan fingerprint density at radius 1 is 1.09 bits per heavy atom. The highest BCUT2D eigenvalue weighted by molar-refractivity contribution is 5.97. The van der Waals surface area contributed by atoms with Gasteiger partial charge in [0.15, 0.2) is 0 Å². The number of alkyl halides is 6. The van der Waals surface area contributed by atoms with Crippen molar-refractivity contribution in [2.24, 2.45) is 0 Å². The standard InChI is InChI=1S/C29H28F6N6O5/c1-4-17-13-19(23-20(41(17)27(43)44)5-6-21(38-23)45-3)37-26-36-18(22-24(39-26)40(2)7-8-46-25(22)42)11-14-9-15(28(30,31)32)12-16(10-14)29(33,34)35/h5-6,9-10,12,17,19H,4,7-8,11,13H2,1-3H3,(H,43,44)(H,36,37,39)/t17-,19+/m1/s1. The monoisotopic (exact) mass is 654 g/mol. The molecule has 246 valence electrons. The number of carbonyl (C=O) groups excluding carboxylic acids is 1. The third-order valence-corrected chi connectivity index (χ3v) is 7.74. The highest BCUT2D eigenvalue weighted by atomic mass is 19.4. The number of aromatic nitrogens is 3. The highest BCUT2D eigenvalue weighted by Crippen LogP contribution is 2.41. The zero-order valence-electron chi connectivity index (χ0n) is 24.7. The van der Waals surface area contributed by atoms with Crippen LogP contribution in [0.3, 0.4) is 0 Å². The molecule has 0 saturated carbocycles. The summed E-state index contributed by atoms with van der Waals surface area (Å²) in [5.41, 5.74) is -3.23. The molecule has 2 atom stereocenters. The van der Waals surface area contributed by atoms with Gasteiger partial charge in [-0.1, -0.05) is 6.92 Å². The molecule has 1 amide bonds. The summed E-state index contributed by atoms with van der Waals surface area (Å²) in [5.74, 6) is -0.757. The minimum absolute atomic E-state index is 0.0192. The van der Waals surface area contributed by atoms with Crippen molar-refractivity contribution in [3.63, 3.8) is 0 Å². The predicted molar refractivity (Wildman–Crippen MR) is 151 cm³/mol. The highest BCUT2D eigenvalue weighted by Gasteiger charge is 2.39. The summed E-state index contributed by atoms with van der Waals surface area (Å²) in [5, 5.41) is 13.1. The predicted octanol–water partition coefficient (Wildman–Crippen LogP) is 5.94. The molecule has 0 bridgehead atoms. The second-order valence-corrected chi connectivity index (χ2v) is 10.7. The van der Waals surface area contributed by atoms with Gasteiger partial charge in [-0.05, 0) is 42.7 Å². The van der Waals surface area contributed by atoms with Crippen LogP contribution in [0.15, 0.2) is 30.3 Å². The van der Waals surface area contributed by atoms with E-state index in [2.05, 4.69) is 20.3 Å². The van der Waals surface area contributed by atoms with Crippen LogP contribution in [0.25, 0.3) is 0 Å². The number of anilines is 3. The van der Waals surface area contributed by atoms with E-state index in [9.17, 15) is 41.0 Å². The van der Waals surface area contributed by atoms with Gasteiger partial charge in [-0.2, -0.15) is 31.3 Å². The number of cyclic esters (lactones) is 1. The molecule has 0 spiro atoms. The van der Waals surface area contributed by atoms with E-state index >= 15 is 0 Å². The zero-order chi connectivity index (χ0) is 33.6. The quantitative estimate of drug-likeness (QED) is 0.244. The number of esters is 1. The number of hydrogen-bond donors (Lipinski definition) is 2. The number of ether oxygens (including phenoxy) is 2. The maximum atomic E-state index is 13.6. The van der Waals surface area contributed by atoms with E-state index in [4.69, 9.17) is 9.47 Å². The number of rotatable bonds is 6. The Morgan fingerprint density at radius 3 is 2.35 bits per heavy atom. The fraction of sp³-hybridized carbons (Fsp3) is 0.414. The third kappa shape index (κ3) is 6.44. The summed E-state index contributed by atoms with van der Waals surface area (Å²) in [6.07, 6.45) is -11.3. The van der Waals surface area contributed by atoms with Gasteiger partial charge in [0, 0.05) is 25.6 Å². The lowest BCUT2D eigenvalue weighted by molar-refractivity contribution is -0.143. The molecule has 0 unspecified atom stereocenters. The molecule has 2 N–H and O–H groups in total. The van der Waals surface area contributed by atoms with Gasteiger partial charge in [-0.3, -0.25) is 4.90 Å². The fourth-order valence-electron chi connectivity index (χ4n) is 5.54. The fourth-order valence-corrected chi connectivity index (χ4v) is 5.54. The van der Waals surface area contributed by atoms with E-state index in [1.807, 2.05) is 0 Å². The van der Waals surface area contributed by atoms with E-state index in [1.54, 1.807) is 24.9 Å². The van der Waals surface area contributed by atoms with Crippen molar-refractivity contribution in [3.8, 4) is 5.88 Å².